The summed E-state index contributed by atoms with van der Waals surface area (Å²) in [5, 5.41) is 7.58. The van der Waals surface area contributed by atoms with E-state index in [0.29, 0.717) is 0 Å². The van der Waals surface area contributed by atoms with E-state index in [1.807, 2.05) is 0 Å². The Hall–Kier alpha value is -0.760. The van der Waals surface area contributed by atoms with Gasteiger partial charge < -0.3 is 5.73 Å². The molecule has 0 bridgehead atoms. The number of nitrogens with zero attached hydrogens (tertiary/aromatic N) is 1. The predicted molar refractivity (Wildman–Crippen MR) is 19.6 cm³/mol. The van der Waals surface area contributed by atoms with Gasteiger partial charge in [-0.15, -0.1) is 0 Å². The van der Waals surface area contributed by atoms with Gasteiger partial charge in [-0.25, -0.2) is 0 Å². The summed E-state index contributed by atoms with van der Waals surface area (Å²) in [6, 6.07) is -1.49. The van der Waals surface area contributed by atoms with Crippen molar-refractivity contribution in [3.8, 4) is 6.07 Å². The molecule has 46 valence electrons. The average Bonchev–Trinajstić information content (AvgIpc) is 1.62. The van der Waals surface area contributed by atoms with Crippen LogP contribution in [0.5, 0.6) is 0 Å². The van der Waals surface area contributed by atoms with Gasteiger partial charge in [0.05, 0.1) is 6.07 Å². The van der Waals surface area contributed by atoms with Gasteiger partial charge in [0.2, 0.25) is 0 Å². The fourth-order valence-electron chi connectivity index (χ4n) is 0.0732. The van der Waals surface area contributed by atoms with Crippen LogP contribution in [0.1, 0.15) is 0 Å². The Morgan fingerprint density at radius 2 is 1.88 bits per heavy atom. The molecule has 0 saturated heterocycles. The zero-order chi connectivity index (χ0) is 6.78. The van der Waals surface area contributed by atoms with Gasteiger partial charge in [-0.05, 0) is 0 Å². The van der Waals surface area contributed by atoms with Gasteiger partial charge in [0.25, 0.3) is 0 Å². The van der Waals surface area contributed by atoms with Crippen molar-refractivity contribution in [2.45, 2.75) is 12.2 Å². The van der Waals surface area contributed by atoms with Crippen LogP contribution in [0.25, 0.3) is 0 Å². The quantitative estimate of drug-likeness (QED) is 0.508. The third-order valence-electron chi connectivity index (χ3n) is 0.492. The highest BCUT2D eigenvalue weighted by atomic mass is 19.4. The van der Waals surface area contributed by atoms with Gasteiger partial charge in [0, 0.05) is 0 Å². The molecule has 0 heterocycles. The maximum Gasteiger partial charge on any atom is 0.416 e. The predicted octanol–water partition coefficient (Wildman–Crippen LogP) is 0.400. The van der Waals surface area contributed by atoms with E-state index in [1.165, 1.54) is 0 Å². The average molecular weight is 124 g/mol. The van der Waals surface area contributed by atoms with Gasteiger partial charge >= 0.3 is 6.18 Å². The first-order valence-electron chi connectivity index (χ1n) is 1.70. The number of hydrogen-bond acceptors (Lipinski definition) is 2. The maximum absolute atomic E-state index is 11.1. The third-order valence-corrected chi connectivity index (χ3v) is 0.492. The molecule has 0 aliphatic carbocycles. The molecule has 0 aromatic heterocycles. The first-order chi connectivity index (χ1) is 3.48. The Labute approximate surface area is 43.7 Å². The van der Waals surface area contributed by atoms with Crippen molar-refractivity contribution in [3.05, 3.63) is 0 Å². The highest BCUT2D eigenvalue weighted by Gasteiger charge is 2.36. The minimum atomic E-state index is -4.57. The Morgan fingerprint density at radius 3 is 1.88 bits per heavy atom. The molecular formula is C3H3F3N2. The van der Waals surface area contributed by atoms with E-state index in [-0.39, 0.29) is 0 Å². The number of rotatable bonds is 0. The molecule has 1 atom stereocenters. The second-order valence-corrected chi connectivity index (χ2v) is 1.15. The number of nitriles is 1. The van der Waals surface area contributed by atoms with Crippen LogP contribution in [0.4, 0.5) is 13.2 Å². The first-order valence-corrected chi connectivity index (χ1v) is 1.70. The number of halogens is 3. The zero-order valence-electron chi connectivity index (χ0n) is 3.74. The topological polar surface area (TPSA) is 49.8 Å². The Morgan fingerprint density at radius 1 is 1.50 bits per heavy atom. The van der Waals surface area contributed by atoms with Gasteiger partial charge in [0.15, 0.2) is 6.04 Å². The van der Waals surface area contributed by atoms with E-state index in [4.69, 9.17) is 5.26 Å². The lowest BCUT2D eigenvalue weighted by molar-refractivity contribution is -0.135. The summed E-state index contributed by atoms with van der Waals surface area (Å²) in [6.45, 7) is 0. The molecule has 2 nitrogen and oxygen atoms in total. The van der Waals surface area contributed by atoms with Crippen molar-refractivity contribution in [3.63, 3.8) is 0 Å². The molecule has 5 heteroatoms. The summed E-state index contributed by atoms with van der Waals surface area (Å²) in [6.07, 6.45) is -4.57. The second kappa shape index (κ2) is 2.01. The van der Waals surface area contributed by atoms with E-state index < -0.39 is 12.2 Å². The molecule has 0 aliphatic heterocycles. The van der Waals surface area contributed by atoms with Crippen molar-refractivity contribution in [1.82, 2.24) is 0 Å². The summed E-state index contributed by atoms with van der Waals surface area (Å²) in [5.74, 6) is 0. The lowest BCUT2D eigenvalue weighted by atomic mass is 10.3. The number of nitrogens with two attached hydrogens (primary N) is 1. The third kappa shape index (κ3) is 1.80. The minimum Gasteiger partial charge on any atom is -0.308 e. The minimum absolute atomic E-state index is 0.858. The highest BCUT2D eigenvalue weighted by molar-refractivity contribution is 4.92. The molecule has 0 saturated carbocycles. The fraction of sp³-hybridized carbons (Fsp3) is 0.667. The van der Waals surface area contributed by atoms with Crippen LogP contribution in [-0.2, 0) is 0 Å². The summed E-state index contributed by atoms with van der Waals surface area (Å²) in [4.78, 5) is 0. The summed E-state index contributed by atoms with van der Waals surface area (Å²) < 4.78 is 33.3. The van der Waals surface area contributed by atoms with Crippen LogP contribution in [0.2, 0.25) is 0 Å². The van der Waals surface area contributed by atoms with Crippen molar-refractivity contribution >= 4 is 0 Å². The molecule has 0 amide bonds. The van der Waals surface area contributed by atoms with Crippen molar-refractivity contribution in [2.24, 2.45) is 5.73 Å². The van der Waals surface area contributed by atoms with Crippen molar-refractivity contribution in [2.75, 3.05) is 0 Å². The second-order valence-electron chi connectivity index (χ2n) is 1.15. The van der Waals surface area contributed by atoms with E-state index in [0.717, 1.165) is 6.07 Å². The largest absolute Gasteiger partial charge is 0.416 e. The van der Waals surface area contributed by atoms with Crippen LogP contribution in [0.3, 0.4) is 0 Å². The molecule has 2 N–H and O–H groups in total. The van der Waals surface area contributed by atoms with Gasteiger partial charge in [-0.1, -0.05) is 0 Å². The highest BCUT2D eigenvalue weighted by Crippen LogP contribution is 2.16. The molecule has 0 aromatic rings. The van der Waals surface area contributed by atoms with Crippen LogP contribution < -0.4 is 5.73 Å². The van der Waals surface area contributed by atoms with Crippen LogP contribution in [-0.4, -0.2) is 12.2 Å². The van der Waals surface area contributed by atoms with E-state index >= 15 is 0 Å². The Kier molecular flexibility index (Phi) is 1.82. The summed E-state index contributed by atoms with van der Waals surface area (Å²) in [5.41, 5.74) is 4.26. The molecule has 8 heavy (non-hydrogen) atoms. The molecule has 0 aliphatic rings. The van der Waals surface area contributed by atoms with Crippen LogP contribution >= 0.6 is 0 Å². The normalized spacial score (nSPS) is 14.9. The molecule has 0 aromatic carbocycles. The first kappa shape index (κ1) is 7.24. The van der Waals surface area contributed by atoms with E-state index in [9.17, 15) is 13.2 Å². The lowest BCUT2D eigenvalue weighted by Crippen LogP contribution is -2.35. The molecule has 0 rings (SSSR count). The molecule has 1 unspecified atom stereocenters. The fourth-order valence-corrected chi connectivity index (χ4v) is 0.0732. The summed E-state index contributed by atoms with van der Waals surface area (Å²) >= 11 is 0. The Bertz CT molecular complexity index is 111. The summed E-state index contributed by atoms with van der Waals surface area (Å²) in [7, 11) is 0. The molecule has 0 fully saturated rings. The number of hydrogen-bond donors (Lipinski definition) is 1. The molecule has 0 spiro atoms. The number of alkyl halides is 3. The lowest BCUT2D eigenvalue weighted by Gasteiger charge is -2.05. The SMILES string of the molecule is N#CC(N)C(F)(F)F. The smallest absolute Gasteiger partial charge is 0.308 e. The monoisotopic (exact) mass is 124 g/mol. The van der Waals surface area contributed by atoms with Crippen molar-refractivity contribution < 1.29 is 13.2 Å². The van der Waals surface area contributed by atoms with Gasteiger partial charge in [-0.2, -0.15) is 18.4 Å². The van der Waals surface area contributed by atoms with Crippen LogP contribution in [0, 0.1) is 11.3 Å². The van der Waals surface area contributed by atoms with Gasteiger partial charge in [0.1, 0.15) is 0 Å². The standard InChI is InChI=1S/C3H3F3N2/c4-3(5,6)2(8)1-7/h2H,8H2. The maximum atomic E-state index is 11.1. The molecule has 0 radical (unpaired) electrons. The van der Waals surface area contributed by atoms with Crippen molar-refractivity contribution in [1.29, 1.82) is 5.26 Å². The molecular weight excluding hydrogens is 121 g/mol. The van der Waals surface area contributed by atoms with E-state index in [1.54, 1.807) is 0 Å². The van der Waals surface area contributed by atoms with Crippen LogP contribution in [0.15, 0.2) is 0 Å². The Balaban J connectivity index is 3.87. The van der Waals surface area contributed by atoms with E-state index in [2.05, 4.69) is 5.73 Å². The zero-order valence-corrected chi connectivity index (χ0v) is 3.74. The van der Waals surface area contributed by atoms with Gasteiger partial charge in [-0.3, -0.25) is 0 Å².